The van der Waals surface area contributed by atoms with Crippen LogP contribution in [0.5, 0.6) is 5.75 Å². The van der Waals surface area contributed by atoms with Gasteiger partial charge in [0.1, 0.15) is 11.6 Å². The van der Waals surface area contributed by atoms with Gasteiger partial charge in [0.25, 0.3) is 0 Å². The Morgan fingerprint density at radius 3 is 2.51 bits per heavy atom. The summed E-state index contributed by atoms with van der Waals surface area (Å²) in [6.45, 7) is 8.61. The number of benzene rings is 1. The molecule has 2 aromatic heterocycles. The van der Waals surface area contributed by atoms with Crippen molar-refractivity contribution in [3.63, 3.8) is 0 Å². The fraction of sp³-hybridized carbons (Fsp3) is 0.567. The third-order valence-electron chi connectivity index (χ3n) is 7.81. The van der Waals surface area contributed by atoms with Crippen molar-refractivity contribution in [2.24, 2.45) is 0 Å². The summed E-state index contributed by atoms with van der Waals surface area (Å²) in [5, 5.41) is 11.0. The molecule has 3 unspecified atom stereocenters. The van der Waals surface area contributed by atoms with Crippen molar-refractivity contribution in [3.8, 4) is 17.0 Å². The molecule has 5 rings (SSSR count). The molecule has 1 N–H and O–H groups in total. The number of likely N-dealkylation sites (N-methyl/N-ethyl adjacent to an activating group) is 1. The number of rotatable bonds is 10. The molecule has 11 heteroatoms. The van der Waals surface area contributed by atoms with E-state index >= 15 is 0 Å². The molecule has 41 heavy (non-hydrogen) atoms. The van der Waals surface area contributed by atoms with Crippen molar-refractivity contribution >= 4 is 40.2 Å². The SMILES string of the molecule is COc1ccc(-c2ccc3c(N4CCOCC4)nc(N4CC(C)OC(C)C4)nc3n2)cc1N(C)C(CO)CCSC. The summed E-state index contributed by atoms with van der Waals surface area (Å²) >= 11 is 1.78. The van der Waals surface area contributed by atoms with Crippen LogP contribution in [-0.4, -0.2) is 110 Å². The molecule has 0 amide bonds. The highest BCUT2D eigenvalue weighted by molar-refractivity contribution is 7.98. The van der Waals surface area contributed by atoms with Crippen molar-refractivity contribution in [2.75, 3.05) is 86.9 Å². The maximum absolute atomic E-state index is 10.1. The molecule has 0 saturated carbocycles. The number of morpholine rings is 2. The number of aliphatic hydroxyl groups is 1. The number of hydrogen-bond donors (Lipinski definition) is 1. The second-order valence-electron chi connectivity index (χ2n) is 10.8. The number of nitrogens with zero attached hydrogens (tertiary/aromatic N) is 6. The minimum Gasteiger partial charge on any atom is -0.495 e. The average Bonchev–Trinajstić information content (AvgIpc) is 3.00. The Balaban J connectivity index is 1.56. The third-order valence-corrected chi connectivity index (χ3v) is 8.45. The molecule has 4 heterocycles. The molecule has 2 fully saturated rings. The van der Waals surface area contributed by atoms with Crippen LogP contribution in [0.15, 0.2) is 30.3 Å². The van der Waals surface area contributed by atoms with E-state index in [2.05, 4.69) is 46.9 Å². The normalized spacial score (nSPS) is 20.3. The van der Waals surface area contributed by atoms with Crippen molar-refractivity contribution in [2.45, 2.75) is 38.5 Å². The van der Waals surface area contributed by atoms with Gasteiger partial charge >= 0.3 is 0 Å². The summed E-state index contributed by atoms with van der Waals surface area (Å²) in [5.41, 5.74) is 3.36. The second-order valence-corrected chi connectivity index (χ2v) is 11.8. The van der Waals surface area contributed by atoms with Gasteiger partial charge in [-0.25, -0.2) is 4.98 Å². The van der Waals surface area contributed by atoms with E-state index in [0.29, 0.717) is 24.8 Å². The fourth-order valence-corrected chi connectivity index (χ4v) is 6.13. The first-order valence-electron chi connectivity index (χ1n) is 14.3. The largest absolute Gasteiger partial charge is 0.495 e. The third kappa shape index (κ3) is 6.63. The summed E-state index contributed by atoms with van der Waals surface area (Å²) in [6.07, 6.45) is 3.15. The van der Waals surface area contributed by atoms with Crippen molar-refractivity contribution in [1.82, 2.24) is 15.0 Å². The number of fused-ring (bicyclic) bond motifs is 1. The highest BCUT2D eigenvalue weighted by Gasteiger charge is 2.27. The topological polar surface area (TPSA) is 96.3 Å². The van der Waals surface area contributed by atoms with Crippen LogP contribution < -0.4 is 19.4 Å². The zero-order valence-electron chi connectivity index (χ0n) is 24.7. The van der Waals surface area contributed by atoms with Crippen LogP contribution in [-0.2, 0) is 9.47 Å². The summed E-state index contributed by atoms with van der Waals surface area (Å²) in [5.74, 6) is 3.31. The average molecular weight is 583 g/mol. The first-order valence-corrected chi connectivity index (χ1v) is 15.7. The minimum atomic E-state index is -0.0131. The van der Waals surface area contributed by atoms with E-state index in [9.17, 15) is 5.11 Å². The van der Waals surface area contributed by atoms with E-state index in [0.717, 1.165) is 72.3 Å². The molecule has 3 aromatic rings. The van der Waals surface area contributed by atoms with E-state index in [1.165, 1.54) is 0 Å². The quantitative estimate of drug-likeness (QED) is 0.379. The van der Waals surface area contributed by atoms with Crippen LogP contribution in [0.4, 0.5) is 17.5 Å². The molecule has 2 aliphatic rings. The molecule has 0 bridgehead atoms. The molecule has 2 aliphatic heterocycles. The van der Waals surface area contributed by atoms with E-state index < -0.39 is 0 Å². The second kappa shape index (κ2) is 13.4. The molecule has 3 atom stereocenters. The molecule has 222 valence electrons. The van der Waals surface area contributed by atoms with Gasteiger partial charge in [-0.3, -0.25) is 0 Å². The lowest BCUT2D eigenvalue weighted by atomic mass is 10.1. The van der Waals surface area contributed by atoms with Gasteiger partial charge in [0.05, 0.1) is 61.9 Å². The predicted octanol–water partition coefficient (Wildman–Crippen LogP) is 3.70. The standard InChI is InChI=1S/C30H42N6O4S/c1-20-17-36(18-21(2)40-20)30-32-28-24(29(33-30)35-11-13-39-14-12-35)7-8-25(31-28)22-6-9-27(38-4)26(16-22)34(3)23(19-37)10-15-41-5/h6-9,16,20-21,23,37H,10-15,17-19H2,1-5H3. The molecule has 0 spiro atoms. The van der Waals surface area contributed by atoms with Gasteiger partial charge < -0.3 is 34.0 Å². The van der Waals surface area contributed by atoms with Crippen molar-refractivity contribution in [1.29, 1.82) is 0 Å². The predicted molar refractivity (Wildman–Crippen MR) is 167 cm³/mol. The number of ether oxygens (including phenoxy) is 3. The monoisotopic (exact) mass is 582 g/mol. The Kier molecular flexibility index (Phi) is 9.69. The Labute approximate surface area is 247 Å². The Hall–Kier alpha value is -2.86. The number of hydrogen-bond acceptors (Lipinski definition) is 11. The van der Waals surface area contributed by atoms with Crippen molar-refractivity contribution < 1.29 is 19.3 Å². The molecular formula is C30H42N6O4S. The number of aromatic nitrogens is 3. The Bertz CT molecular complexity index is 1310. The molecule has 0 radical (unpaired) electrons. The highest BCUT2D eigenvalue weighted by atomic mass is 32.2. The molecule has 1 aromatic carbocycles. The first kappa shape index (κ1) is 29.6. The van der Waals surface area contributed by atoms with E-state index in [1.54, 1.807) is 18.9 Å². The van der Waals surface area contributed by atoms with Crippen LogP contribution in [0.25, 0.3) is 22.3 Å². The van der Waals surface area contributed by atoms with Gasteiger partial charge in [0.15, 0.2) is 5.65 Å². The lowest BCUT2D eigenvalue weighted by molar-refractivity contribution is -0.00570. The van der Waals surface area contributed by atoms with Gasteiger partial charge in [-0.05, 0) is 62.6 Å². The molecular weight excluding hydrogens is 540 g/mol. The van der Waals surface area contributed by atoms with E-state index in [4.69, 9.17) is 29.2 Å². The van der Waals surface area contributed by atoms with Gasteiger partial charge in [-0.1, -0.05) is 0 Å². The lowest BCUT2D eigenvalue weighted by Gasteiger charge is -2.36. The summed E-state index contributed by atoms with van der Waals surface area (Å²) in [7, 11) is 3.69. The minimum absolute atomic E-state index is 0.0131. The number of methoxy groups -OCH3 is 1. The zero-order chi connectivity index (χ0) is 28.9. The summed E-state index contributed by atoms with van der Waals surface area (Å²) in [6, 6.07) is 10.2. The maximum Gasteiger partial charge on any atom is 0.229 e. The van der Waals surface area contributed by atoms with E-state index in [1.807, 2.05) is 25.2 Å². The summed E-state index contributed by atoms with van der Waals surface area (Å²) in [4.78, 5) is 21.7. The number of anilines is 3. The summed E-state index contributed by atoms with van der Waals surface area (Å²) < 4.78 is 17.3. The van der Waals surface area contributed by atoms with Crippen LogP contribution in [0.2, 0.25) is 0 Å². The lowest BCUT2D eigenvalue weighted by Crippen LogP contribution is -2.46. The number of thioether (sulfide) groups is 1. The highest BCUT2D eigenvalue weighted by Crippen LogP contribution is 2.35. The number of aliphatic hydroxyl groups excluding tert-OH is 1. The van der Waals surface area contributed by atoms with Crippen LogP contribution in [0, 0.1) is 0 Å². The molecule has 10 nitrogen and oxygen atoms in total. The first-order chi connectivity index (χ1) is 19.9. The maximum atomic E-state index is 10.1. The van der Waals surface area contributed by atoms with Gasteiger partial charge in [-0.2, -0.15) is 21.7 Å². The molecule has 0 aliphatic carbocycles. The van der Waals surface area contributed by atoms with Crippen LogP contribution in [0.3, 0.4) is 0 Å². The Morgan fingerprint density at radius 1 is 1.07 bits per heavy atom. The fourth-order valence-electron chi connectivity index (χ4n) is 5.63. The van der Waals surface area contributed by atoms with Gasteiger partial charge in [0, 0.05) is 38.8 Å². The molecule has 2 saturated heterocycles. The number of pyridine rings is 1. The van der Waals surface area contributed by atoms with E-state index in [-0.39, 0.29) is 24.9 Å². The zero-order valence-corrected chi connectivity index (χ0v) is 25.6. The van der Waals surface area contributed by atoms with Crippen LogP contribution in [0.1, 0.15) is 20.3 Å². The Morgan fingerprint density at radius 2 is 1.83 bits per heavy atom. The van der Waals surface area contributed by atoms with Gasteiger partial charge in [-0.15, -0.1) is 0 Å². The van der Waals surface area contributed by atoms with Crippen LogP contribution >= 0.6 is 11.8 Å². The van der Waals surface area contributed by atoms with Crippen molar-refractivity contribution in [3.05, 3.63) is 30.3 Å². The smallest absolute Gasteiger partial charge is 0.229 e. The van der Waals surface area contributed by atoms with Gasteiger partial charge in [0.2, 0.25) is 5.95 Å².